The van der Waals surface area contributed by atoms with E-state index in [0.29, 0.717) is 32.0 Å². The Morgan fingerprint density at radius 2 is 1.64 bits per heavy atom. The predicted molar refractivity (Wildman–Crippen MR) is 132 cm³/mol. The van der Waals surface area contributed by atoms with Gasteiger partial charge in [0.15, 0.2) is 10.6 Å². The average molecular weight is 493 g/mol. The van der Waals surface area contributed by atoms with Crippen LogP contribution in [-0.2, 0) is 23.2 Å². The minimum Gasteiger partial charge on any atom is -0.494 e. The van der Waals surface area contributed by atoms with E-state index >= 15 is 0 Å². The van der Waals surface area contributed by atoms with Crippen molar-refractivity contribution in [1.82, 2.24) is 9.13 Å². The highest BCUT2D eigenvalue weighted by atomic mass is 32.2. The number of benzene rings is 1. The van der Waals surface area contributed by atoms with E-state index in [2.05, 4.69) is 5.73 Å². The molecule has 0 saturated carbocycles. The zero-order valence-corrected chi connectivity index (χ0v) is 20.5. The fourth-order valence-electron chi connectivity index (χ4n) is 3.94. The van der Waals surface area contributed by atoms with Crippen LogP contribution in [0, 0.1) is 4.77 Å². The van der Waals surface area contributed by atoms with E-state index in [9.17, 15) is 18.3 Å². The van der Waals surface area contributed by atoms with E-state index in [1.165, 1.54) is 15.2 Å². The number of para-hydroxylation sites is 2. The third kappa shape index (κ3) is 4.91. The summed E-state index contributed by atoms with van der Waals surface area (Å²) in [5.41, 5.74) is 4.61. The zero-order chi connectivity index (χ0) is 24.3. The van der Waals surface area contributed by atoms with Gasteiger partial charge in [-0.05, 0) is 51.5 Å². The molecule has 0 bridgehead atoms. The second kappa shape index (κ2) is 9.96. The molecule has 0 spiro atoms. The first-order chi connectivity index (χ1) is 15.6. The van der Waals surface area contributed by atoms with Crippen molar-refractivity contribution in [2.75, 3.05) is 28.6 Å². The molecule has 0 unspecified atom stereocenters. The first-order valence-electron chi connectivity index (χ1n) is 10.8. The SMILES string of the molecule is CCN1C(=C=Cc2c(O)n(CC)c(=S)n(CC)c2=O)N(CCCS(=O)(=O)O)c2ccccc21. The molecule has 0 aliphatic carbocycles. The first kappa shape index (κ1) is 24.8. The van der Waals surface area contributed by atoms with E-state index in [1.54, 1.807) is 0 Å². The van der Waals surface area contributed by atoms with Crippen LogP contribution in [0.25, 0.3) is 6.08 Å². The van der Waals surface area contributed by atoms with Gasteiger partial charge in [0, 0.05) is 32.3 Å². The fourth-order valence-corrected chi connectivity index (χ4v) is 4.86. The van der Waals surface area contributed by atoms with Gasteiger partial charge in [-0.3, -0.25) is 18.5 Å². The normalized spacial score (nSPS) is 13.3. The van der Waals surface area contributed by atoms with Crippen molar-refractivity contribution in [2.45, 2.75) is 40.3 Å². The minimum absolute atomic E-state index is 0.0738. The first-order valence-corrected chi connectivity index (χ1v) is 12.8. The van der Waals surface area contributed by atoms with Crippen molar-refractivity contribution in [3.05, 3.63) is 56.5 Å². The van der Waals surface area contributed by atoms with Crippen molar-refractivity contribution in [1.29, 1.82) is 0 Å². The van der Waals surface area contributed by atoms with E-state index < -0.39 is 15.7 Å². The lowest BCUT2D eigenvalue weighted by atomic mass is 10.2. The topological polar surface area (TPSA) is 108 Å². The molecule has 2 aromatic rings. The van der Waals surface area contributed by atoms with Crippen LogP contribution in [0.2, 0.25) is 0 Å². The third-order valence-electron chi connectivity index (χ3n) is 5.49. The highest BCUT2D eigenvalue weighted by Crippen LogP contribution is 2.41. The molecular weight excluding hydrogens is 464 g/mol. The Morgan fingerprint density at radius 3 is 2.18 bits per heavy atom. The lowest BCUT2D eigenvalue weighted by molar-refractivity contribution is 0.399. The summed E-state index contributed by atoms with van der Waals surface area (Å²) >= 11 is 5.34. The van der Waals surface area contributed by atoms with Gasteiger partial charge < -0.3 is 14.9 Å². The number of nitrogens with zero attached hydrogens (tertiary/aromatic N) is 4. The van der Waals surface area contributed by atoms with E-state index in [4.69, 9.17) is 16.8 Å². The minimum atomic E-state index is -4.08. The Balaban J connectivity index is 2.17. The zero-order valence-electron chi connectivity index (χ0n) is 18.9. The van der Waals surface area contributed by atoms with Gasteiger partial charge in [-0.25, -0.2) is 0 Å². The van der Waals surface area contributed by atoms with Crippen LogP contribution >= 0.6 is 12.2 Å². The van der Waals surface area contributed by atoms with E-state index in [0.717, 1.165) is 11.4 Å². The molecule has 1 aromatic carbocycles. The quantitative estimate of drug-likeness (QED) is 0.329. The molecule has 0 atom stereocenters. The molecule has 0 amide bonds. The molecule has 0 saturated heterocycles. The Morgan fingerprint density at radius 1 is 1.03 bits per heavy atom. The molecular formula is C22H28N4O5S2. The Labute approximate surface area is 198 Å². The summed E-state index contributed by atoms with van der Waals surface area (Å²) in [6.07, 6.45) is 1.65. The average Bonchev–Trinajstić information content (AvgIpc) is 3.06. The summed E-state index contributed by atoms with van der Waals surface area (Å²) in [4.78, 5) is 16.9. The molecule has 178 valence electrons. The van der Waals surface area contributed by atoms with Crippen molar-refractivity contribution >= 4 is 39.8 Å². The van der Waals surface area contributed by atoms with Crippen LogP contribution in [-0.4, -0.2) is 46.1 Å². The number of hydrogen-bond donors (Lipinski definition) is 2. The lowest BCUT2D eigenvalue weighted by Gasteiger charge is -2.22. The predicted octanol–water partition coefficient (Wildman–Crippen LogP) is 3.20. The smallest absolute Gasteiger partial charge is 0.266 e. The molecule has 33 heavy (non-hydrogen) atoms. The van der Waals surface area contributed by atoms with Gasteiger partial charge >= 0.3 is 0 Å². The summed E-state index contributed by atoms with van der Waals surface area (Å²) in [7, 11) is -4.08. The van der Waals surface area contributed by atoms with Gasteiger partial charge in [0.05, 0.1) is 17.1 Å². The number of aromatic hydroxyl groups is 1. The van der Waals surface area contributed by atoms with E-state index in [1.807, 2.05) is 54.8 Å². The van der Waals surface area contributed by atoms with Crippen LogP contribution < -0.4 is 15.4 Å². The van der Waals surface area contributed by atoms with Crippen LogP contribution in [0.4, 0.5) is 11.4 Å². The monoisotopic (exact) mass is 492 g/mol. The molecule has 9 nitrogen and oxygen atoms in total. The number of hydrogen-bond acceptors (Lipinski definition) is 7. The maximum atomic E-state index is 13.0. The van der Waals surface area contributed by atoms with Crippen molar-refractivity contribution in [3.8, 4) is 5.88 Å². The lowest BCUT2D eigenvalue weighted by Crippen LogP contribution is -2.29. The number of anilines is 2. The van der Waals surface area contributed by atoms with Crippen LogP contribution in [0.1, 0.15) is 32.8 Å². The maximum Gasteiger partial charge on any atom is 0.266 e. The molecule has 1 aromatic heterocycles. The van der Waals surface area contributed by atoms with Gasteiger partial charge in [0.2, 0.25) is 5.88 Å². The highest BCUT2D eigenvalue weighted by molar-refractivity contribution is 7.85. The Bertz CT molecular complexity index is 1340. The summed E-state index contributed by atoms with van der Waals surface area (Å²) in [6.45, 7) is 7.29. The number of fused-ring (bicyclic) bond motifs is 1. The van der Waals surface area contributed by atoms with Gasteiger partial charge in [0.1, 0.15) is 5.56 Å². The summed E-state index contributed by atoms with van der Waals surface area (Å²) in [5.74, 6) is 0.0243. The second-order valence-corrected chi connectivity index (χ2v) is 9.39. The summed E-state index contributed by atoms with van der Waals surface area (Å²) in [6, 6.07) is 7.65. The summed E-state index contributed by atoms with van der Waals surface area (Å²) in [5, 5.41) is 10.7. The molecule has 1 aliphatic rings. The largest absolute Gasteiger partial charge is 0.494 e. The van der Waals surface area contributed by atoms with Crippen molar-refractivity contribution in [3.63, 3.8) is 0 Å². The second-order valence-electron chi connectivity index (χ2n) is 7.45. The molecule has 3 rings (SSSR count). The molecule has 1 aliphatic heterocycles. The van der Waals surface area contributed by atoms with Crippen LogP contribution in [0.15, 0.2) is 40.6 Å². The maximum absolute atomic E-state index is 13.0. The van der Waals surface area contributed by atoms with Gasteiger partial charge in [-0.2, -0.15) is 8.42 Å². The van der Waals surface area contributed by atoms with Crippen LogP contribution in [0.5, 0.6) is 5.88 Å². The van der Waals surface area contributed by atoms with Crippen molar-refractivity contribution in [2.24, 2.45) is 0 Å². The molecule has 0 fully saturated rings. The van der Waals surface area contributed by atoms with Crippen molar-refractivity contribution < 1.29 is 18.1 Å². The van der Waals surface area contributed by atoms with Gasteiger partial charge in [-0.1, -0.05) is 17.9 Å². The Hall–Kier alpha value is -2.85. The number of aromatic nitrogens is 2. The van der Waals surface area contributed by atoms with E-state index in [-0.39, 0.29) is 28.4 Å². The third-order valence-corrected chi connectivity index (χ3v) is 6.73. The molecule has 11 heteroatoms. The highest BCUT2D eigenvalue weighted by Gasteiger charge is 2.30. The van der Waals surface area contributed by atoms with Gasteiger partial charge in [-0.15, -0.1) is 0 Å². The van der Waals surface area contributed by atoms with Crippen LogP contribution in [0.3, 0.4) is 0 Å². The standard InChI is InChI=1S/C22H28N4O5S2/c1-4-23-17-10-7-8-11-18(17)26(14-9-15-33(29,30)31)19(23)13-12-16-20(27)24(5-2)22(32)25(6-3)21(16)28/h7-8,10-12,27H,4-6,9,14-15H2,1-3H3,(H,29,30,31). The molecule has 2 heterocycles. The molecule has 2 N–H and O–H groups in total. The fraction of sp³-hybridized carbons (Fsp3) is 0.409. The molecule has 0 radical (unpaired) electrons. The Kier molecular flexibility index (Phi) is 7.48. The van der Waals surface area contributed by atoms with Gasteiger partial charge in [0.25, 0.3) is 15.7 Å². The number of rotatable bonds is 8. The summed E-state index contributed by atoms with van der Waals surface area (Å²) < 4.78 is 34.7.